The van der Waals surface area contributed by atoms with Crippen molar-refractivity contribution >= 4 is 21.7 Å². The Bertz CT molecular complexity index is 571. The molecule has 0 aliphatic carbocycles. The van der Waals surface area contributed by atoms with Crippen molar-refractivity contribution < 1.29 is 21.6 Å². The minimum absolute atomic E-state index is 0.0693. The number of nitrogens with one attached hydrogen (secondary N) is 3. The van der Waals surface area contributed by atoms with Crippen molar-refractivity contribution in [2.45, 2.75) is 6.18 Å². The van der Waals surface area contributed by atoms with Crippen LogP contribution in [0.25, 0.3) is 0 Å². The number of hydrogen-bond acceptors (Lipinski definition) is 3. The van der Waals surface area contributed by atoms with E-state index in [1.165, 1.54) is 29.0 Å². The molecule has 0 aliphatic heterocycles. The van der Waals surface area contributed by atoms with Crippen LogP contribution in [-0.2, 0) is 10.2 Å². The number of para-hydroxylation sites is 1. The van der Waals surface area contributed by atoms with E-state index in [2.05, 4.69) is 0 Å². The van der Waals surface area contributed by atoms with E-state index in [0.29, 0.717) is 0 Å². The van der Waals surface area contributed by atoms with Gasteiger partial charge in [0.2, 0.25) is 0 Å². The van der Waals surface area contributed by atoms with Gasteiger partial charge in [-0.15, -0.1) is 0 Å². The van der Waals surface area contributed by atoms with Gasteiger partial charge in [-0.05, 0) is 12.1 Å². The SMILES string of the molecule is N=C(N)c1ccccc1NS(=O)(=O)NCC(F)(F)F. The summed E-state index contributed by atoms with van der Waals surface area (Å²) >= 11 is 0. The number of benzene rings is 1. The third-order valence-corrected chi connectivity index (χ3v) is 2.94. The lowest BCUT2D eigenvalue weighted by Crippen LogP contribution is -2.37. The van der Waals surface area contributed by atoms with Crippen LogP contribution < -0.4 is 15.2 Å². The lowest BCUT2D eigenvalue weighted by atomic mass is 10.2. The van der Waals surface area contributed by atoms with Crippen LogP contribution in [0, 0.1) is 5.41 Å². The van der Waals surface area contributed by atoms with Crippen LogP contribution in [0.4, 0.5) is 18.9 Å². The van der Waals surface area contributed by atoms with E-state index in [-0.39, 0.29) is 11.3 Å². The Kier molecular flexibility index (Phi) is 4.37. The average molecular weight is 296 g/mol. The van der Waals surface area contributed by atoms with E-state index in [9.17, 15) is 21.6 Å². The van der Waals surface area contributed by atoms with Gasteiger partial charge in [-0.2, -0.15) is 26.3 Å². The maximum absolute atomic E-state index is 11.9. The lowest BCUT2D eigenvalue weighted by molar-refractivity contribution is -0.121. The van der Waals surface area contributed by atoms with Gasteiger partial charge in [-0.1, -0.05) is 12.1 Å². The summed E-state index contributed by atoms with van der Waals surface area (Å²) in [7, 11) is -4.40. The first-order valence-electron chi connectivity index (χ1n) is 4.88. The van der Waals surface area contributed by atoms with Crippen LogP contribution >= 0.6 is 0 Å². The van der Waals surface area contributed by atoms with Crippen LogP contribution in [0.2, 0.25) is 0 Å². The van der Waals surface area contributed by atoms with Crippen molar-refractivity contribution in [3.63, 3.8) is 0 Å². The van der Waals surface area contributed by atoms with Gasteiger partial charge < -0.3 is 5.73 Å². The molecule has 0 radical (unpaired) electrons. The number of nitrogens with two attached hydrogens (primary N) is 1. The smallest absolute Gasteiger partial charge is 0.384 e. The Morgan fingerprint density at radius 2 is 1.89 bits per heavy atom. The fourth-order valence-corrected chi connectivity index (χ4v) is 2.06. The predicted molar refractivity (Wildman–Crippen MR) is 64.1 cm³/mol. The van der Waals surface area contributed by atoms with Crippen molar-refractivity contribution in [1.82, 2.24) is 4.72 Å². The molecule has 5 N–H and O–H groups in total. The van der Waals surface area contributed by atoms with E-state index in [1.54, 1.807) is 0 Å². The summed E-state index contributed by atoms with van der Waals surface area (Å²) in [4.78, 5) is 0. The minimum atomic E-state index is -4.66. The van der Waals surface area contributed by atoms with Crippen LogP contribution in [0.3, 0.4) is 0 Å². The first-order chi connectivity index (χ1) is 8.61. The van der Waals surface area contributed by atoms with Crippen molar-refractivity contribution in [1.29, 1.82) is 5.41 Å². The normalized spacial score (nSPS) is 12.2. The molecule has 0 atom stereocenters. The largest absolute Gasteiger partial charge is 0.402 e. The van der Waals surface area contributed by atoms with Gasteiger partial charge in [0.1, 0.15) is 12.4 Å². The molecule has 0 saturated heterocycles. The molecular formula is C9H11F3N4O2S. The summed E-state index contributed by atoms with van der Waals surface area (Å²) in [6.45, 7) is -1.69. The zero-order chi connectivity index (χ0) is 14.7. The summed E-state index contributed by atoms with van der Waals surface area (Å²) < 4.78 is 61.8. The molecule has 1 aromatic carbocycles. The Hall–Kier alpha value is -1.81. The molecule has 106 valence electrons. The molecule has 19 heavy (non-hydrogen) atoms. The van der Waals surface area contributed by atoms with Crippen molar-refractivity contribution in [3.8, 4) is 0 Å². The maximum Gasteiger partial charge on any atom is 0.402 e. The summed E-state index contributed by atoms with van der Waals surface area (Å²) in [6, 6.07) is 5.61. The summed E-state index contributed by atoms with van der Waals surface area (Å²) in [5, 5.41) is 7.23. The average Bonchev–Trinajstić information content (AvgIpc) is 2.26. The van der Waals surface area contributed by atoms with E-state index in [0.717, 1.165) is 0 Å². The standard InChI is InChI=1S/C9H11F3N4O2S/c10-9(11,12)5-15-19(17,18)16-7-4-2-1-3-6(7)8(13)14/h1-4,15-16H,5H2,(H3,13,14). The molecule has 1 rings (SSSR count). The molecule has 0 spiro atoms. The Labute approximate surface area is 107 Å². The van der Waals surface area contributed by atoms with E-state index < -0.39 is 28.8 Å². The third-order valence-electron chi connectivity index (χ3n) is 1.92. The molecule has 0 bridgehead atoms. The number of halogens is 3. The first-order valence-corrected chi connectivity index (χ1v) is 6.36. The summed E-state index contributed by atoms with van der Waals surface area (Å²) in [5.41, 5.74) is 5.22. The number of anilines is 1. The van der Waals surface area contributed by atoms with Gasteiger partial charge >= 0.3 is 6.18 Å². The first kappa shape index (κ1) is 15.2. The van der Waals surface area contributed by atoms with Crippen molar-refractivity contribution in [2.75, 3.05) is 11.3 Å². The molecule has 0 fully saturated rings. The molecule has 6 nitrogen and oxygen atoms in total. The van der Waals surface area contributed by atoms with E-state index in [4.69, 9.17) is 11.1 Å². The molecule has 0 heterocycles. The molecule has 0 aliphatic rings. The van der Waals surface area contributed by atoms with Gasteiger partial charge in [0.05, 0.1) is 5.69 Å². The lowest BCUT2D eigenvalue weighted by Gasteiger charge is -2.13. The van der Waals surface area contributed by atoms with Gasteiger partial charge in [0.25, 0.3) is 10.2 Å². The minimum Gasteiger partial charge on any atom is -0.384 e. The van der Waals surface area contributed by atoms with Crippen LogP contribution in [0.1, 0.15) is 5.56 Å². The number of rotatable bonds is 5. The highest BCUT2D eigenvalue weighted by atomic mass is 32.2. The maximum atomic E-state index is 11.9. The Balaban J connectivity index is 2.87. The second-order valence-corrected chi connectivity index (χ2v) is 5.00. The molecule has 0 amide bonds. The zero-order valence-corrected chi connectivity index (χ0v) is 10.3. The fourth-order valence-electron chi connectivity index (χ4n) is 1.16. The van der Waals surface area contributed by atoms with Crippen LogP contribution in [-0.4, -0.2) is 27.0 Å². The fraction of sp³-hybridized carbons (Fsp3) is 0.222. The Morgan fingerprint density at radius 3 is 2.42 bits per heavy atom. The highest BCUT2D eigenvalue weighted by Gasteiger charge is 2.29. The van der Waals surface area contributed by atoms with E-state index >= 15 is 0 Å². The van der Waals surface area contributed by atoms with Crippen LogP contribution in [0.15, 0.2) is 24.3 Å². The molecular weight excluding hydrogens is 285 g/mol. The zero-order valence-electron chi connectivity index (χ0n) is 9.45. The topological polar surface area (TPSA) is 108 Å². The Morgan fingerprint density at radius 1 is 1.32 bits per heavy atom. The number of alkyl halides is 3. The highest BCUT2D eigenvalue weighted by Crippen LogP contribution is 2.16. The van der Waals surface area contributed by atoms with Crippen molar-refractivity contribution in [3.05, 3.63) is 29.8 Å². The predicted octanol–water partition coefficient (Wildman–Crippen LogP) is 0.779. The molecule has 1 aromatic rings. The number of hydrogen-bond donors (Lipinski definition) is 4. The van der Waals surface area contributed by atoms with Gasteiger partial charge in [-0.3, -0.25) is 10.1 Å². The van der Waals surface area contributed by atoms with Crippen LogP contribution in [0.5, 0.6) is 0 Å². The van der Waals surface area contributed by atoms with Gasteiger partial charge in [-0.25, -0.2) is 0 Å². The second-order valence-electron chi connectivity index (χ2n) is 3.50. The molecule has 10 heteroatoms. The monoisotopic (exact) mass is 296 g/mol. The van der Waals surface area contributed by atoms with Crippen molar-refractivity contribution in [2.24, 2.45) is 5.73 Å². The van der Waals surface area contributed by atoms with Gasteiger partial charge in [0.15, 0.2) is 0 Å². The summed E-state index contributed by atoms with van der Waals surface area (Å²) in [6.07, 6.45) is -4.66. The molecule has 0 saturated carbocycles. The third kappa shape index (κ3) is 5.14. The highest BCUT2D eigenvalue weighted by molar-refractivity contribution is 7.90. The number of nitrogen functional groups attached to an aromatic ring is 1. The summed E-state index contributed by atoms with van der Waals surface area (Å²) in [5.74, 6) is -0.408. The van der Waals surface area contributed by atoms with E-state index in [1.807, 2.05) is 4.72 Å². The molecule has 0 unspecified atom stereocenters. The quantitative estimate of drug-likeness (QED) is 0.476. The molecule has 0 aromatic heterocycles. The number of amidine groups is 1. The van der Waals surface area contributed by atoms with Gasteiger partial charge in [0, 0.05) is 5.56 Å². The second kappa shape index (κ2) is 5.45.